The lowest BCUT2D eigenvalue weighted by atomic mass is 10.2. The Labute approximate surface area is 176 Å². The van der Waals surface area contributed by atoms with E-state index in [1.54, 1.807) is 29.3 Å². The molecule has 2 aliphatic heterocycles. The third kappa shape index (κ3) is 4.30. The van der Waals surface area contributed by atoms with Crippen molar-refractivity contribution in [2.75, 3.05) is 57.4 Å². The largest absolute Gasteiger partial charge is 0.379 e. The van der Waals surface area contributed by atoms with Gasteiger partial charge < -0.3 is 14.5 Å². The molecule has 0 aromatic carbocycles. The van der Waals surface area contributed by atoms with Crippen LogP contribution in [0.1, 0.15) is 16.1 Å². The number of aromatic nitrogens is 2. The highest BCUT2D eigenvalue weighted by molar-refractivity contribution is 7.89. The average molecular weight is 432 g/mol. The van der Waals surface area contributed by atoms with Crippen LogP contribution >= 0.6 is 0 Å². The van der Waals surface area contributed by atoms with E-state index in [4.69, 9.17) is 4.74 Å². The van der Waals surface area contributed by atoms with Gasteiger partial charge in [-0.1, -0.05) is 0 Å². The fraction of sp³-hybridized carbons (Fsp3) is 0.450. The first-order valence-corrected chi connectivity index (χ1v) is 11.4. The number of ether oxygens (including phenoxy) is 1. The van der Waals surface area contributed by atoms with E-state index in [0.29, 0.717) is 63.9 Å². The standard InChI is InChI=1S/C20H25N5O4S/c1-16-2-3-17(14-21-16)20(26)24-8-6-23(7-9-24)19-5-4-18(15-22-19)30(27,28)25-10-12-29-13-11-25/h2-5,14-15H,6-13H2,1H3. The molecule has 0 saturated carbocycles. The molecule has 4 rings (SSSR count). The van der Waals surface area contributed by atoms with Crippen LogP contribution in [0.25, 0.3) is 0 Å². The highest BCUT2D eigenvalue weighted by atomic mass is 32.2. The van der Waals surface area contributed by atoms with Crippen LogP contribution in [-0.4, -0.2) is 86.0 Å². The van der Waals surface area contributed by atoms with Crippen molar-refractivity contribution in [3.8, 4) is 0 Å². The topological polar surface area (TPSA) is 95.9 Å². The van der Waals surface area contributed by atoms with E-state index >= 15 is 0 Å². The summed E-state index contributed by atoms with van der Waals surface area (Å²) >= 11 is 0. The minimum Gasteiger partial charge on any atom is -0.379 e. The monoisotopic (exact) mass is 431 g/mol. The SMILES string of the molecule is Cc1ccc(C(=O)N2CCN(c3ccc(S(=O)(=O)N4CCOCC4)cn3)CC2)cn1. The number of hydrogen-bond acceptors (Lipinski definition) is 7. The summed E-state index contributed by atoms with van der Waals surface area (Å²) in [6, 6.07) is 6.96. The molecule has 0 radical (unpaired) electrons. The summed E-state index contributed by atoms with van der Waals surface area (Å²) < 4.78 is 32.1. The predicted octanol–water partition coefficient (Wildman–Crippen LogP) is 0.768. The van der Waals surface area contributed by atoms with E-state index in [1.807, 2.05) is 13.0 Å². The maximum absolute atomic E-state index is 12.7. The Kier molecular flexibility index (Phi) is 5.98. The molecular weight excluding hydrogens is 406 g/mol. The van der Waals surface area contributed by atoms with Crippen molar-refractivity contribution < 1.29 is 17.9 Å². The van der Waals surface area contributed by atoms with Gasteiger partial charge in [-0.15, -0.1) is 0 Å². The van der Waals surface area contributed by atoms with E-state index < -0.39 is 10.0 Å². The Morgan fingerprint density at radius 1 is 0.933 bits per heavy atom. The molecule has 0 unspecified atom stereocenters. The van der Waals surface area contributed by atoms with Crippen LogP contribution in [0.3, 0.4) is 0 Å². The minimum atomic E-state index is -3.55. The molecule has 10 heteroatoms. The molecule has 30 heavy (non-hydrogen) atoms. The zero-order chi connectivity index (χ0) is 21.1. The van der Waals surface area contributed by atoms with E-state index in [1.165, 1.54) is 10.5 Å². The lowest BCUT2D eigenvalue weighted by Gasteiger charge is -2.35. The van der Waals surface area contributed by atoms with Crippen molar-refractivity contribution in [3.63, 3.8) is 0 Å². The number of piperazine rings is 1. The minimum absolute atomic E-state index is 0.0259. The fourth-order valence-electron chi connectivity index (χ4n) is 3.56. The molecule has 0 atom stereocenters. The number of anilines is 1. The Hall–Kier alpha value is -2.56. The summed E-state index contributed by atoms with van der Waals surface area (Å²) in [5, 5.41) is 0. The summed E-state index contributed by atoms with van der Waals surface area (Å²) in [7, 11) is -3.55. The second-order valence-electron chi connectivity index (χ2n) is 7.34. The molecule has 160 valence electrons. The third-order valence-electron chi connectivity index (χ3n) is 5.38. The Balaban J connectivity index is 1.38. The second-order valence-corrected chi connectivity index (χ2v) is 9.27. The van der Waals surface area contributed by atoms with Crippen molar-refractivity contribution >= 4 is 21.7 Å². The normalized spacial score (nSPS) is 18.4. The zero-order valence-corrected chi connectivity index (χ0v) is 17.7. The van der Waals surface area contributed by atoms with Crippen LogP contribution < -0.4 is 4.90 Å². The Morgan fingerprint density at radius 3 is 2.27 bits per heavy atom. The van der Waals surface area contributed by atoms with Crippen LogP contribution in [0, 0.1) is 6.92 Å². The van der Waals surface area contributed by atoms with Gasteiger partial charge in [-0.2, -0.15) is 4.31 Å². The highest BCUT2D eigenvalue weighted by Gasteiger charge is 2.27. The Morgan fingerprint density at radius 2 is 1.67 bits per heavy atom. The molecule has 2 aromatic heterocycles. The van der Waals surface area contributed by atoms with Gasteiger partial charge in [0.2, 0.25) is 10.0 Å². The molecule has 0 N–H and O–H groups in total. The van der Waals surface area contributed by atoms with Gasteiger partial charge >= 0.3 is 0 Å². The van der Waals surface area contributed by atoms with Gasteiger partial charge in [0.1, 0.15) is 10.7 Å². The van der Waals surface area contributed by atoms with Crippen molar-refractivity contribution in [3.05, 3.63) is 47.9 Å². The average Bonchev–Trinajstić information content (AvgIpc) is 2.80. The van der Waals surface area contributed by atoms with Crippen molar-refractivity contribution in [2.24, 2.45) is 0 Å². The molecular formula is C20H25N5O4S. The molecule has 0 aliphatic carbocycles. The lowest BCUT2D eigenvalue weighted by molar-refractivity contribution is 0.0730. The summed E-state index contributed by atoms with van der Waals surface area (Å²) in [5.74, 6) is 0.682. The number of pyridine rings is 2. The molecule has 0 spiro atoms. The molecule has 1 amide bonds. The zero-order valence-electron chi connectivity index (χ0n) is 16.9. The number of aryl methyl sites for hydroxylation is 1. The molecule has 2 fully saturated rings. The van der Waals surface area contributed by atoms with E-state index in [0.717, 1.165) is 5.69 Å². The van der Waals surface area contributed by atoms with Gasteiger partial charge in [-0.25, -0.2) is 13.4 Å². The maximum Gasteiger partial charge on any atom is 0.255 e. The molecule has 4 heterocycles. The van der Waals surface area contributed by atoms with Crippen molar-refractivity contribution in [1.82, 2.24) is 19.2 Å². The van der Waals surface area contributed by atoms with Crippen LogP contribution in [-0.2, 0) is 14.8 Å². The first-order valence-electron chi connectivity index (χ1n) is 9.96. The Bertz CT molecular complexity index is 981. The first kappa shape index (κ1) is 20.7. The van der Waals surface area contributed by atoms with Crippen LogP contribution in [0.5, 0.6) is 0 Å². The van der Waals surface area contributed by atoms with E-state index in [-0.39, 0.29) is 10.8 Å². The van der Waals surface area contributed by atoms with Gasteiger partial charge in [-0.3, -0.25) is 9.78 Å². The number of carbonyl (C=O) groups excluding carboxylic acids is 1. The number of morpholine rings is 1. The number of hydrogen-bond donors (Lipinski definition) is 0. The lowest BCUT2D eigenvalue weighted by Crippen LogP contribution is -2.49. The number of amides is 1. The maximum atomic E-state index is 12.7. The second kappa shape index (κ2) is 8.66. The molecule has 0 bridgehead atoms. The smallest absolute Gasteiger partial charge is 0.255 e. The molecule has 2 saturated heterocycles. The van der Waals surface area contributed by atoms with Gasteiger partial charge in [-0.05, 0) is 31.2 Å². The number of sulfonamides is 1. The summed E-state index contributed by atoms with van der Waals surface area (Å²) in [6.45, 7) is 5.83. The van der Waals surface area contributed by atoms with E-state index in [9.17, 15) is 13.2 Å². The summed E-state index contributed by atoms with van der Waals surface area (Å²) in [5.41, 5.74) is 1.46. The molecule has 9 nitrogen and oxygen atoms in total. The van der Waals surface area contributed by atoms with Crippen LogP contribution in [0.2, 0.25) is 0 Å². The third-order valence-corrected chi connectivity index (χ3v) is 7.26. The van der Waals surface area contributed by atoms with Crippen LogP contribution in [0.15, 0.2) is 41.6 Å². The first-order chi connectivity index (χ1) is 14.4. The number of rotatable bonds is 4. The van der Waals surface area contributed by atoms with Gasteiger partial charge in [0.15, 0.2) is 0 Å². The molecule has 2 aromatic rings. The van der Waals surface area contributed by atoms with Crippen molar-refractivity contribution in [2.45, 2.75) is 11.8 Å². The van der Waals surface area contributed by atoms with E-state index in [2.05, 4.69) is 14.9 Å². The number of nitrogens with zero attached hydrogens (tertiary/aromatic N) is 5. The molecule has 2 aliphatic rings. The van der Waals surface area contributed by atoms with Gasteiger partial charge in [0.05, 0.1) is 18.8 Å². The van der Waals surface area contributed by atoms with Crippen molar-refractivity contribution in [1.29, 1.82) is 0 Å². The predicted molar refractivity (Wildman–Crippen MR) is 111 cm³/mol. The summed E-state index contributed by atoms with van der Waals surface area (Å²) in [6.07, 6.45) is 3.02. The van der Waals surface area contributed by atoms with Gasteiger partial charge in [0.25, 0.3) is 5.91 Å². The van der Waals surface area contributed by atoms with Crippen LogP contribution in [0.4, 0.5) is 5.82 Å². The highest BCUT2D eigenvalue weighted by Crippen LogP contribution is 2.20. The fourth-order valence-corrected chi connectivity index (χ4v) is 4.92. The number of carbonyl (C=O) groups is 1. The van der Waals surface area contributed by atoms with Gasteiger partial charge in [0, 0.05) is 57.4 Å². The summed E-state index contributed by atoms with van der Waals surface area (Å²) in [4.78, 5) is 25.3. The quantitative estimate of drug-likeness (QED) is 0.705.